The number of carbonyl (C=O) groups excluding carboxylic acids is 3. The number of benzene rings is 2. The maximum atomic E-state index is 14.5. The van der Waals surface area contributed by atoms with Crippen molar-refractivity contribution in [1.82, 2.24) is 34.4 Å². The van der Waals surface area contributed by atoms with Gasteiger partial charge in [-0.3, -0.25) is 19.2 Å². The van der Waals surface area contributed by atoms with Gasteiger partial charge in [0, 0.05) is 36.5 Å². The van der Waals surface area contributed by atoms with Gasteiger partial charge in [-0.05, 0) is 75.1 Å². The van der Waals surface area contributed by atoms with Crippen LogP contribution in [0.5, 0.6) is 5.75 Å². The lowest BCUT2D eigenvalue weighted by molar-refractivity contribution is -0.137. The molecule has 3 aliphatic rings. The second-order valence-electron chi connectivity index (χ2n) is 13.8. The van der Waals surface area contributed by atoms with Crippen molar-refractivity contribution in [2.45, 2.75) is 63.1 Å². The summed E-state index contributed by atoms with van der Waals surface area (Å²) in [5, 5.41) is 19.9. The van der Waals surface area contributed by atoms with Gasteiger partial charge >= 0.3 is 6.18 Å². The minimum absolute atomic E-state index is 0.00582. The van der Waals surface area contributed by atoms with Crippen molar-refractivity contribution in [2.24, 2.45) is 0 Å². The number of nitrogens with one attached hydrogen (secondary N) is 2. The molecule has 3 N–H and O–H groups in total. The van der Waals surface area contributed by atoms with E-state index in [1.54, 1.807) is 31.2 Å². The number of pyridine rings is 1. The lowest BCUT2D eigenvalue weighted by Crippen LogP contribution is -2.47. The number of hydrogen-bond acceptors (Lipinski definition) is 9. The van der Waals surface area contributed by atoms with Gasteiger partial charge in [-0.2, -0.15) is 22.7 Å². The predicted octanol–water partition coefficient (Wildman–Crippen LogP) is 5.08. The number of rotatable bonds is 7. The number of nitrogens with zero attached hydrogens (tertiary/aromatic N) is 6. The van der Waals surface area contributed by atoms with E-state index < -0.39 is 47.4 Å². The summed E-state index contributed by atoms with van der Waals surface area (Å²) in [7, 11) is 0. The lowest BCUT2D eigenvalue weighted by Gasteiger charge is -2.39. The van der Waals surface area contributed by atoms with Gasteiger partial charge in [0.1, 0.15) is 17.9 Å². The first kappa shape index (κ1) is 36.2. The van der Waals surface area contributed by atoms with Gasteiger partial charge in [-0.25, -0.2) is 4.98 Å². The lowest BCUT2D eigenvalue weighted by atomic mass is 9.85. The van der Waals surface area contributed by atoms with Crippen molar-refractivity contribution < 1.29 is 37.4 Å². The van der Waals surface area contributed by atoms with Crippen LogP contribution in [-0.4, -0.2) is 71.0 Å². The quantitative estimate of drug-likeness (QED) is 0.204. The van der Waals surface area contributed by atoms with Crippen molar-refractivity contribution in [3.05, 3.63) is 104 Å². The molecule has 0 bridgehead atoms. The van der Waals surface area contributed by atoms with Gasteiger partial charge in [-0.15, -0.1) is 5.10 Å². The highest BCUT2D eigenvalue weighted by Crippen LogP contribution is 2.48. The van der Waals surface area contributed by atoms with E-state index in [0.29, 0.717) is 22.9 Å². The average molecular weight is 777 g/mol. The Bertz CT molecular complexity index is 2440. The van der Waals surface area contributed by atoms with Crippen molar-refractivity contribution in [3.63, 3.8) is 0 Å². The Labute approximate surface area is 314 Å². The molecule has 1 aliphatic carbocycles. The second-order valence-corrected chi connectivity index (χ2v) is 14.2. The van der Waals surface area contributed by atoms with E-state index in [2.05, 4.69) is 25.7 Å². The van der Waals surface area contributed by atoms with Gasteiger partial charge in [0.15, 0.2) is 11.5 Å². The number of hydrogen-bond donors (Lipinski definition) is 3. The number of alkyl halides is 3. The Morgan fingerprint density at radius 2 is 1.80 bits per heavy atom. The van der Waals surface area contributed by atoms with E-state index in [1.807, 2.05) is 0 Å². The Morgan fingerprint density at radius 3 is 2.45 bits per heavy atom. The van der Waals surface area contributed by atoms with Crippen molar-refractivity contribution in [3.8, 4) is 17.1 Å². The molecular weight excluding hydrogens is 745 g/mol. The monoisotopic (exact) mass is 776 g/mol. The maximum Gasteiger partial charge on any atom is 0.416 e. The number of ether oxygens (including phenoxy) is 1. The predicted molar refractivity (Wildman–Crippen MR) is 190 cm³/mol. The summed E-state index contributed by atoms with van der Waals surface area (Å²) in [6.07, 6.45) is -1.75. The van der Waals surface area contributed by atoms with Gasteiger partial charge < -0.3 is 29.9 Å². The largest absolute Gasteiger partial charge is 0.505 e. The highest BCUT2D eigenvalue weighted by molar-refractivity contribution is 6.33. The SMILES string of the molecule is C[C@H]1OC2(CCN(C(=O)c3ncccc3O)CC2)c2c1n(CC(=O)Nc1ccc(C(F)(F)F)cc1Cl)c1nc(-c3ccc(C(=O)NC4CC4)cc3)nn1c2=O. The van der Waals surface area contributed by atoms with E-state index in [4.69, 9.17) is 16.3 Å². The second kappa shape index (κ2) is 13.5. The van der Waals surface area contributed by atoms with Crippen LogP contribution >= 0.6 is 11.6 Å². The summed E-state index contributed by atoms with van der Waals surface area (Å²) in [4.78, 5) is 64.2. The Balaban J connectivity index is 1.16. The summed E-state index contributed by atoms with van der Waals surface area (Å²) in [5.41, 5.74) is -1.38. The molecule has 1 saturated heterocycles. The zero-order valence-corrected chi connectivity index (χ0v) is 29.8. The Kier molecular flexibility index (Phi) is 8.87. The summed E-state index contributed by atoms with van der Waals surface area (Å²) >= 11 is 6.14. The van der Waals surface area contributed by atoms with Crippen LogP contribution in [0.15, 0.2) is 65.6 Å². The molecule has 3 aromatic heterocycles. The van der Waals surface area contributed by atoms with Gasteiger partial charge in [0.2, 0.25) is 11.7 Å². The molecule has 1 atom stereocenters. The fourth-order valence-corrected chi connectivity index (χ4v) is 7.43. The molecule has 14 nitrogen and oxygen atoms in total. The topological polar surface area (TPSA) is 173 Å². The minimum Gasteiger partial charge on any atom is -0.505 e. The number of fused-ring (bicyclic) bond motifs is 3. The highest BCUT2D eigenvalue weighted by Gasteiger charge is 2.50. The van der Waals surface area contributed by atoms with Crippen molar-refractivity contribution >= 4 is 40.8 Å². The normalized spacial score (nSPS) is 17.7. The number of piperidine rings is 1. The number of aromatic nitrogens is 5. The molecule has 1 spiro atoms. The molecule has 5 heterocycles. The van der Waals surface area contributed by atoms with E-state index >= 15 is 0 Å². The van der Waals surface area contributed by atoms with Crippen LogP contribution < -0.4 is 16.2 Å². The van der Waals surface area contributed by atoms with Gasteiger partial charge in [-0.1, -0.05) is 23.7 Å². The molecule has 0 unspecified atom stereocenters. The van der Waals surface area contributed by atoms with E-state index in [1.165, 1.54) is 27.8 Å². The number of amides is 3. The molecule has 5 aromatic rings. The summed E-state index contributed by atoms with van der Waals surface area (Å²) in [5.74, 6) is -1.52. The third kappa shape index (κ3) is 6.67. The van der Waals surface area contributed by atoms with Crippen LogP contribution in [-0.2, 0) is 27.9 Å². The fraction of sp³-hybridized carbons (Fsp3) is 0.324. The smallest absolute Gasteiger partial charge is 0.416 e. The summed E-state index contributed by atoms with van der Waals surface area (Å²) < 4.78 is 48.9. The van der Waals surface area contributed by atoms with E-state index in [-0.39, 0.29) is 77.2 Å². The molecule has 3 amide bonds. The molecule has 284 valence electrons. The molecular formula is C37H32ClF3N8O6. The number of carbonyl (C=O) groups is 3. The number of likely N-dealkylation sites (tertiary alicyclic amines) is 1. The van der Waals surface area contributed by atoms with Crippen LogP contribution in [0.25, 0.3) is 17.2 Å². The molecule has 2 fully saturated rings. The average Bonchev–Trinajstić information content (AvgIpc) is 3.77. The van der Waals surface area contributed by atoms with Crippen LogP contribution in [0.2, 0.25) is 5.02 Å². The van der Waals surface area contributed by atoms with Crippen LogP contribution in [0, 0.1) is 0 Å². The minimum atomic E-state index is -4.64. The molecule has 55 heavy (non-hydrogen) atoms. The first-order chi connectivity index (χ1) is 26.2. The summed E-state index contributed by atoms with van der Waals surface area (Å²) in [6, 6.07) is 12.2. The van der Waals surface area contributed by atoms with Crippen LogP contribution in [0.3, 0.4) is 0 Å². The molecule has 1 saturated carbocycles. The highest BCUT2D eigenvalue weighted by atomic mass is 35.5. The molecule has 2 aliphatic heterocycles. The van der Waals surface area contributed by atoms with E-state index in [9.17, 15) is 37.5 Å². The Hall–Kier alpha value is -5.81. The first-order valence-corrected chi connectivity index (χ1v) is 17.8. The third-order valence-corrected chi connectivity index (χ3v) is 10.4. The van der Waals surface area contributed by atoms with Crippen molar-refractivity contribution in [2.75, 3.05) is 18.4 Å². The standard InChI is InChI=1S/C37H32ClF3N8O6/c1-19-30-28(36(55-19)12-15-47(16-13-36)34(54)29-26(50)3-2-14-42-29)33(53)49-35(45-31(46-49)20-4-6-21(7-5-20)32(52)43-23-9-10-23)48(30)18-27(51)44-25-11-8-22(17-24(25)38)37(39,40)41/h2-8,11,14,17,19,23,50H,9-10,12-13,15-16,18H2,1H3,(H,43,52)(H,44,51)/t19-/m1/s1. The van der Waals surface area contributed by atoms with E-state index in [0.717, 1.165) is 29.5 Å². The van der Waals surface area contributed by atoms with Crippen molar-refractivity contribution in [1.29, 1.82) is 0 Å². The number of halogens is 4. The first-order valence-electron chi connectivity index (χ1n) is 17.5. The van der Waals surface area contributed by atoms with Crippen LogP contribution in [0.1, 0.15) is 76.4 Å². The molecule has 8 rings (SSSR count). The molecule has 2 aromatic carbocycles. The van der Waals surface area contributed by atoms with Crippen LogP contribution in [0.4, 0.5) is 18.9 Å². The fourth-order valence-electron chi connectivity index (χ4n) is 7.20. The summed E-state index contributed by atoms with van der Waals surface area (Å²) in [6.45, 7) is 1.55. The van der Waals surface area contributed by atoms with Gasteiger partial charge in [0.25, 0.3) is 17.4 Å². The molecule has 0 radical (unpaired) electrons. The number of aromatic hydroxyl groups is 1. The maximum absolute atomic E-state index is 14.5. The zero-order chi connectivity index (χ0) is 38.8. The molecule has 18 heteroatoms. The number of anilines is 1. The third-order valence-electron chi connectivity index (χ3n) is 10.1. The zero-order valence-electron chi connectivity index (χ0n) is 29.1. The van der Waals surface area contributed by atoms with Gasteiger partial charge in [0.05, 0.1) is 33.6 Å². The Morgan fingerprint density at radius 1 is 1.07 bits per heavy atom.